The number of carbonyl (C=O) groups excluding carboxylic acids is 2. The molecule has 10 nitrogen and oxygen atoms in total. The molecular formula is C35H41BrN2O8. The molecule has 0 saturated carbocycles. The number of amides is 1. The highest BCUT2D eigenvalue weighted by atomic mass is 79.9. The van der Waals surface area contributed by atoms with Crippen LogP contribution in [0.25, 0.3) is 0 Å². The van der Waals surface area contributed by atoms with E-state index in [2.05, 4.69) is 21.2 Å². The minimum atomic E-state index is -1.51. The van der Waals surface area contributed by atoms with Crippen molar-refractivity contribution in [1.82, 2.24) is 5.32 Å². The number of halogens is 1. The number of aliphatic hydroxyl groups is 1. The number of esters is 1. The summed E-state index contributed by atoms with van der Waals surface area (Å²) in [5.74, 6) is 1.21. The van der Waals surface area contributed by atoms with E-state index in [0.717, 1.165) is 10.0 Å². The van der Waals surface area contributed by atoms with Crippen molar-refractivity contribution in [2.24, 2.45) is 4.99 Å². The number of methoxy groups -OCH3 is 2. The number of rotatable bonds is 14. The maximum absolute atomic E-state index is 14.4. The van der Waals surface area contributed by atoms with Crippen LogP contribution in [0.5, 0.6) is 17.2 Å². The number of benzene rings is 3. The lowest BCUT2D eigenvalue weighted by molar-refractivity contribution is -0.155. The van der Waals surface area contributed by atoms with Gasteiger partial charge in [-0.2, -0.15) is 0 Å². The fourth-order valence-electron chi connectivity index (χ4n) is 5.00. The summed E-state index contributed by atoms with van der Waals surface area (Å²) in [7, 11) is 3.12. The lowest BCUT2D eigenvalue weighted by atomic mass is 9.83. The number of aliphatic imine (C=N–C) groups is 1. The van der Waals surface area contributed by atoms with Crippen LogP contribution < -0.4 is 19.5 Å². The van der Waals surface area contributed by atoms with Crippen LogP contribution in [0.2, 0.25) is 0 Å². The molecule has 0 radical (unpaired) electrons. The highest BCUT2D eigenvalue weighted by molar-refractivity contribution is 9.10. The minimum Gasteiger partial charge on any atom is -0.497 e. The average molecular weight is 698 g/mol. The maximum atomic E-state index is 14.4. The van der Waals surface area contributed by atoms with Crippen LogP contribution in [0, 0.1) is 0 Å². The molecule has 1 aliphatic heterocycles. The van der Waals surface area contributed by atoms with Crippen LogP contribution in [-0.2, 0) is 25.6 Å². The SMILES string of the molecule is COc1cc(CNC(=O)[C@]2(CCC(=O)OC(C)(C)C)N=C(c3ccc(OCCCO)cc3)O[C@@H]2c2ccc(Br)cc2)cc(OC)c1. The summed E-state index contributed by atoms with van der Waals surface area (Å²) in [5.41, 5.74) is -0.0921. The molecule has 4 rings (SSSR count). The minimum absolute atomic E-state index is 0.0295. The Morgan fingerprint density at radius 1 is 0.978 bits per heavy atom. The molecule has 3 aromatic carbocycles. The normalized spacial score (nSPS) is 17.5. The number of hydrogen-bond donors (Lipinski definition) is 2. The van der Waals surface area contributed by atoms with Gasteiger partial charge in [0.2, 0.25) is 5.90 Å². The standard InChI is InChI=1S/C35H41BrN2O8/c1-34(2,3)46-30(40)15-16-35(33(41)37-22-23-19-28(42-4)21-29(20-23)43-5)31(24-7-11-26(36)12-8-24)45-32(38-35)25-9-13-27(14-10-25)44-18-6-17-39/h7-14,19-21,31,39H,6,15-18,22H2,1-5H3,(H,37,41)/t31-,35-/m1/s1. The van der Waals surface area contributed by atoms with E-state index >= 15 is 0 Å². The Balaban J connectivity index is 1.73. The molecule has 46 heavy (non-hydrogen) atoms. The Hall–Kier alpha value is -4.09. The van der Waals surface area contributed by atoms with Crippen molar-refractivity contribution in [2.45, 2.75) is 63.8 Å². The van der Waals surface area contributed by atoms with Crippen molar-refractivity contribution in [2.75, 3.05) is 27.4 Å². The topological polar surface area (TPSA) is 125 Å². The third kappa shape index (κ3) is 9.01. The van der Waals surface area contributed by atoms with E-state index in [0.29, 0.717) is 41.4 Å². The number of ether oxygens (including phenoxy) is 5. The van der Waals surface area contributed by atoms with Crippen LogP contribution in [0.4, 0.5) is 0 Å². The molecule has 0 fully saturated rings. The summed E-state index contributed by atoms with van der Waals surface area (Å²) in [6.45, 7) is 5.97. The van der Waals surface area contributed by atoms with Gasteiger partial charge in [-0.1, -0.05) is 28.1 Å². The fourth-order valence-corrected chi connectivity index (χ4v) is 5.26. The first kappa shape index (κ1) is 34.8. The van der Waals surface area contributed by atoms with E-state index in [9.17, 15) is 9.59 Å². The van der Waals surface area contributed by atoms with Crippen LogP contribution in [0.15, 0.2) is 76.2 Å². The Morgan fingerprint density at radius 2 is 1.63 bits per heavy atom. The number of hydrogen-bond acceptors (Lipinski definition) is 9. The molecule has 0 aliphatic carbocycles. The zero-order valence-electron chi connectivity index (χ0n) is 26.8. The highest BCUT2D eigenvalue weighted by Gasteiger charge is 2.53. The van der Waals surface area contributed by atoms with Crippen LogP contribution >= 0.6 is 15.9 Å². The lowest BCUT2D eigenvalue weighted by Crippen LogP contribution is -2.48. The molecule has 0 saturated heterocycles. The number of aliphatic hydroxyl groups excluding tert-OH is 1. The molecule has 2 N–H and O–H groups in total. The van der Waals surface area contributed by atoms with E-state index in [-0.39, 0.29) is 31.9 Å². The van der Waals surface area contributed by atoms with Crippen molar-refractivity contribution in [1.29, 1.82) is 0 Å². The molecule has 1 aliphatic rings. The molecule has 11 heteroatoms. The summed E-state index contributed by atoms with van der Waals surface area (Å²) in [6.07, 6.45) is -0.368. The molecule has 0 bridgehead atoms. The second-order valence-electron chi connectivity index (χ2n) is 11.8. The second-order valence-corrected chi connectivity index (χ2v) is 12.7. The van der Waals surface area contributed by atoms with Gasteiger partial charge in [0.25, 0.3) is 5.91 Å². The van der Waals surface area contributed by atoms with E-state index in [1.807, 2.05) is 36.4 Å². The fraction of sp³-hybridized carbons (Fsp3) is 0.400. The van der Waals surface area contributed by atoms with Gasteiger partial charge in [0.1, 0.15) is 22.8 Å². The van der Waals surface area contributed by atoms with Gasteiger partial charge in [0.05, 0.1) is 20.8 Å². The maximum Gasteiger partial charge on any atom is 0.306 e. The first-order valence-corrected chi connectivity index (χ1v) is 15.8. The third-order valence-electron chi connectivity index (χ3n) is 7.20. The zero-order chi connectivity index (χ0) is 33.3. The number of carbonyl (C=O) groups is 2. The van der Waals surface area contributed by atoms with Gasteiger partial charge >= 0.3 is 5.97 Å². The van der Waals surface area contributed by atoms with Crippen molar-refractivity contribution in [3.8, 4) is 17.2 Å². The summed E-state index contributed by atoms with van der Waals surface area (Å²) < 4.78 is 29.5. The second kappa shape index (κ2) is 15.5. The first-order valence-electron chi connectivity index (χ1n) is 15.0. The molecule has 3 aromatic rings. The van der Waals surface area contributed by atoms with Gasteiger partial charge in [-0.05, 0) is 86.8 Å². The van der Waals surface area contributed by atoms with Gasteiger partial charge < -0.3 is 34.1 Å². The van der Waals surface area contributed by atoms with Gasteiger partial charge in [0, 0.05) is 42.1 Å². The molecule has 1 heterocycles. The van der Waals surface area contributed by atoms with Crippen molar-refractivity contribution in [3.63, 3.8) is 0 Å². The monoisotopic (exact) mass is 696 g/mol. The van der Waals surface area contributed by atoms with Gasteiger partial charge in [0.15, 0.2) is 11.6 Å². The van der Waals surface area contributed by atoms with Crippen LogP contribution in [-0.4, -0.2) is 61.5 Å². The lowest BCUT2D eigenvalue weighted by Gasteiger charge is -2.31. The summed E-state index contributed by atoms with van der Waals surface area (Å²) in [5, 5.41) is 12.1. The number of nitrogens with one attached hydrogen (secondary N) is 1. The predicted molar refractivity (Wildman–Crippen MR) is 177 cm³/mol. The quantitative estimate of drug-likeness (QED) is 0.157. The zero-order valence-corrected chi connectivity index (χ0v) is 28.4. The molecule has 0 spiro atoms. The predicted octanol–water partition coefficient (Wildman–Crippen LogP) is 5.92. The van der Waals surface area contributed by atoms with Gasteiger partial charge in [-0.15, -0.1) is 0 Å². The molecule has 246 valence electrons. The van der Waals surface area contributed by atoms with Crippen LogP contribution in [0.1, 0.15) is 62.8 Å². The average Bonchev–Trinajstić information content (AvgIpc) is 3.43. The Labute approximate surface area is 278 Å². The first-order chi connectivity index (χ1) is 22.0. The molecular weight excluding hydrogens is 656 g/mol. The van der Waals surface area contributed by atoms with E-state index in [4.69, 9.17) is 33.8 Å². The van der Waals surface area contributed by atoms with E-state index in [1.165, 1.54) is 0 Å². The van der Waals surface area contributed by atoms with Gasteiger partial charge in [-0.25, -0.2) is 4.99 Å². The smallest absolute Gasteiger partial charge is 0.306 e. The van der Waals surface area contributed by atoms with Crippen LogP contribution in [0.3, 0.4) is 0 Å². The molecule has 0 unspecified atom stereocenters. The summed E-state index contributed by atoms with van der Waals surface area (Å²) in [6, 6.07) is 20.0. The molecule has 0 aromatic heterocycles. The van der Waals surface area contributed by atoms with Crippen molar-refractivity contribution >= 4 is 33.7 Å². The highest BCUT2D eigenvalue weighted by Crippen LogP contribution is 2.44. The summed E-state index contributed by atoms with van der Waals surface area (Å²) in [4.78, 5) is 32.4. The van der Waals surface area contributed by atoms with Gasteiger partial charge in [-0.3, -0.25) is 9.59 Å². The summed E-state index contributed by atoms with van der Waals surface area (Å²) >= 11 is 3.48. The van der Waals surface area contributed by atoms with E-state index < -0.39 is 29.1 Å². The third-order valence-corrected chi connectivity index (χ3v) is 7.73. The Morgan fingerprint density at radius 3 is 2.22 bits per heavy atom. The molecule has 1 amide bonds. The Kier molecular flexibility index (Phi) is 11.7. The van der Waals surface area contributed by atoms with Crippen molar-refractivity contribution < 1.29 is 38.4 Å². The molecule has 2 atom stereocenters. The number of nitrogens with zero attached hydrogens (tertiary/aromatic N) is 1. The van der Waals surface area contributed by atoms with E-state index in [1.54, 1.807) is 65.3 Å². The van der Waals surface area contributed by atoms with Crippen molar-refractivity contribution in [3.05, 3.63) is 87.9 Å². The largest absolute Gasteiger partial charge is 0.497 e. The Bertz CT molecular complexity index is 1500.